The van der Waals surface area contributed by atoms with Gasteiger partial charge in [-0.3, -0.25) is 4.98 Å². The molecule has 1 N–H and O–H groups in total. The first kappa shape index (κ1) is 17.3. The third-order valence-electron chi connectivity index (χ3n) is 3.38. The molecule has 2 rings (SSSR count). The van der Waals surface area contributed by atoms with Crippen molar-refractivity contribution in [3.63, 3.8) is 0 Å². The third-order valence-corrected chi connectivity index (χ3v) is 5.25. The number of rotatable bonds is 4. The molecule has 0 unspecified atom stereocenters. The molecule has 5 nitrogen and oxygen atoms in total. The summed E-state index contributed by atoms with van der Waals surface area (Å²) in [6.45, 7) is 1.85. The molecule has 0 saturated carbocycles. The number of nitrogens with zero attached hydrogens (tertiary/aromatic N) is 2. The van der Waals surface area contributed by atoms with Gasteiger partial charge in [-0.05, 0) is 38.4 Å². The first-order valence-corrected chi connectivity index (χ1v) is 7.73. The van der Waals surface area contributed by atoms with Crippen LogP contribution in [0.5, 0.6) is 0 Å². The van der Waals surface area contributed by atoms with E-state index in [4.69, 9.17) is 0 Å². The second-order valence-corrected chi connectivity index (χ2v) is 6.68. The summed E-state index contributed by atoms with van der Waals surface area (Å²) in [6.07, 6.45) is 3.84. The smallest absolute Gasteiger partial charge is 0.244 e. The maximum Gasteiger partial charge on any atom is 0.244 e. The number of nitrogens with one attached hydrogen (secondary N) is 1. The van der Waals surface area contributed by atoms with E-state index >= 15 is 0 Å². The average Bonchev–Trinajstić information content (AvgIpc) is 2.40. The van der Waals surface area contributed by atoms with Crippen LogP contribution in [0.3, 0.4) is 0 Å². The van der Waals surface area contributed by atoms with Crippen LogP contribution in [-0.2, 0) is 10.0 Å². The van der Waals surface area contributed by atoms with E-state index in [1.807, 2.05) is 7.05 Å². The highest BCUT2D eigenvalue weighted by molar-refractivity contribution is 7.89. The summed E-state index contributed by atoms with van der Waals surface area (Å²) in [5.74, 6) is -0.131. The van der Waals surface area contributed by atoms with E-state index < -0.39 is 15.8 Å². The number of pyridine rings is 1. The minimum atomic E-state index is -3.61. The van der Waals surface area contributed by atoms with Crippen LogP contribution in [-0.4, -0.2) is 44.4 Å². The van der Waals surface area contributed by atoms with E-state index in [2.05, 4.69) is 10.3 Å². The zero-order chi connectivity index (χ0) is 13.9. The maximum atomic E-state index is 13.1. The van der Waals surface area contributed by atoms with Crippen molar-refractivity contribution in [1.82, 2.24) is 14.6 Å². The van der Waals surface area contributed by atoms with Crippen LogP contribution in [0.15, 0.2) is 23.4 Å². The molecule has 1 saturated heterocycles. The van der Waals surface area contributed by atoms with Crippen molar-refractivity contribution in [2.24, 2.45) is 5.92 Å². The highest BCUT2D eigenvalue weighted by atomic mass is 35.5. The first-order valence-electron chi connectivity index (χ1n) is 6.29. The molecular formula is C12H19ClFN3O2S. The summed E-state index contributed by atoms with van der Waals surface area (Å²) < 4.78 is 39.1. The van der Waals surface area contributed by atoms with E-state index in [0.29, 0.717) is 19.0 Å². The fourth-order valence-electron chi connectivity index (χ4n) is 2.32. The van der Waals surface area contributed by atoms with Crippen LogP contribution in [0, 0.1) is 11.7 Å². The van der Waals surface area contributed by atoms with E-state index in [0.717, 1.165) is 31.6 Å². The van der Waals surface area contributed by atoms with Gasteiger partial charge in [0.1, 0.15) is 10.7 Å². The van der Waals surface area contributed by atoms with Gasteiger partial charge in [0.05, 0.1) is 6.20 Å². The lowest BCUT2D eigenvalue weighted by Gasteiger charge is -2.31. The zero-order valence-corrected chi connectivity index (χ0v) is 12.9. The summed E-state index contributed by atoms with van der Waals surface area (Å²) >= 11 is 0. The third kappa shape index (κ3) is 3.88. The Labute approximate surface area is 125 Å². The molecule has 1 aromatic heterocycles. The number of aromatic nitrogens is 1. The predicted octanol–water partition coefficient (Wildman–Crippen LogP) is 1.26. The highest BCUT2D eigenvalue weighted by Gasteiger charge is 2.29. The molecule has 0 bridgehead atoms. The van der Waals surface area contributed by atoms with Gasteiger partial charge < -0.3 is 5.32 Å². The van der Waals surface area contributed by atoms with Crippen LogP contribution in [0.2, 0.25) is 0 Å². The van der Waals surface area contributed by atoms with Crippen molar-refractivity contribution >= 4 is 22.4 Å². The summed E-state index contributed by atoms with van der Waals surface area (Å²) in [5.41, 5.74) is 0. The van der Waals surface area contributed by atoms with E-state index in [9.17, 15) is 12.8 Å². The predicted molar refractivity (Wildman–Crippen MR) is 76.9 cm³/mol. The standard InChI is InChI=1S/C12H18FN3O2S.ClH/c1-14-7-10-2-4-16(5-3-10)19(17,18)12-6-11(13)8-15-9-12;/h6,8-10,14H,2-5,7H2,1H3;1H. The Morgan fingerprint density at radius 3 is 2.60 bits per heavy atom. The number of hydrogen-bond acceptors (Lipinski definition) is 4. The van der Waals surface area contributed by atoms with Crippen LogP contribution >= 0.6 is 12.4 Å². The molecule has 1 fully saturated rings. The fourth-order valence-corrected chi connectivity index (χ4v) is 3.77. The lowest BCUT2D eigenvalue weighted by atomic mass is 9.98. The SMILES string of the molecule is CNCC1CCN(S(=O)(=O)c2cncc(F)c2)CC1.Cl. The number of piperidine rings is 1. The summed E-state index contributed by atoms with van der Waals surface area (Å²) in [6, 6.07) is 1.02. The van der Waals surface area contributed by atoms with Crippen LogP contribution < -0.4 is 5.32 Å². The number of halogens is 2. The van der Waals surface area contributed by atoms with Gasteiger partial charge in [0.15, 0.2) is 0 Å². The summed E-state index contributed by atoms with van der Waals surface area (Å²) in [4.78, 5) is 3.53. The molecule has 1 aromatic rings. The molecule has 0 aliphatic carbocycles. The molecule has 0 atom stereocenters. The number of hydrogen-bond donors (Lipinski definition) is 1. The largest absolute Gasteiger partial charge is 0.319 e. The molecular weight excluding hydrogens is 305 g/mol. The summed E-state index contributed by atoms with van der Waals surface area (Å²) in [7, 11) is -1.72. The van der Waals surface area contributed by atoms with Crippen molar-refractivity contribution in [3.8, 4) is 0 Å². The van der Waals surface area contributed by atoms with Gasteiger partial charge >= 0.3 is 0 Å². The van der Waals surface area contributed by atoms with Gasteiger partial charge in [0, 0.05) is 19.3 Å². The highest BCUT2D eigenvalue weighted by Crippen LogP contribution is 2.23. The van der Waals surface area contributed by atoms with E-state index in [-0.39, 0.29) is 17.3 Å². The van der Waals surface area contributed by atoms with Crippen molar-refractivity contribution in [2.45, 2.75) is 17.7 Å². The first-order chi connectivity index (χ1) is 9.04. The Bertz CT molecular complexity index is 533. The lowest BCUT2D eigenvalue weighted by molar-refractivity contribution is 0.270. The average molecular weight is 324 g/mol. The van der Waals surface area contributed by atoms with E-state index in [1.165, 1.54) is 10.5 Å². The molecule has 0 radical (unpaired) electrons. The Balaban J connectivity index is 0.00000200. The monoisotopic (exact) mass is 323 g/mol. The minimum absolute atomic E-state index is 0. The van der Waals surface area contributed by atoms with Gasteiger partial charge in [-0.2, -0.15) is 4.31 Å². The van der Waals surface area contributed by atoms with Crippen LogP contribution in [0.4, 0.5) is 4.39 Å². The second kappa shape index (κ2) is 7.31. The Morgan fingerprint density at radius 2 is 2.05 bits per heavy atom. The van der Waals surface area contributed by atoms with Gasteiger partial charge in [-0.25, -0.2) is 12.8 Å². The van der Waals surface area contributed by atoms with Crippen LogP contribution in [0.1, 0.15) is 12.8 Å². The van der Waals surface area contributed by atoms with Crippen molar-refractivity contribution in [2.75, 3.05) is 26.7 Å². The molecule has 0 amide bonds. The zero-order valence-electron chi connectivity index (χ0n) is 11.3. The Hall–Kier alpha value is -0.760. The molecule has 20 heavy (non-hydrogen) atoms. The van der Waals surface area contributed by atoms with Crippen molar-refractivity contribution in [3.05, 3.63) is 24.3 Å². The van der Waals surface area contributed by atoms with Gasteiger partial charge in [0.25, 0.3) is 0 Å². The topological polar surface area (TPSA) is 62.3 Å². The second-order valence-electron chi connectivity index (χ2n) is 4.74. The fraction of sp³-hybridized carbons (Fsp3) is 0.583. The molecule has 1 aliphatic rings. The van der Waals surface area contributed by atoms with Crippen LogP contribution in [0.25, 0.3) is 0 Å². The maximum absolute atomic E-state index is 13.1. The van der Waals surface area contributed by atoms with Gasteiger partial charge in [0.2, 0.25) is 10.0 Å². The van der Waals surface area contributed by atoms with Gasteiger partial charge in [-0.1, -0.05) is 0 Å². The summed E-state index contributed by atoms with van der Waals surface area (Å²) in [5, 5.41) is 3.10. The molecule has 1 aliphatic heterocycles. The van der Waals surface area contributed by atoms with Crippen molar-refractivity contribution in [1.29, 1.82) is 0 Å². The number of sulfonamides is 1. The molecule has 114 valence electrons. The Morgan fingerprint density at radius 1 is 1.40 bits per heavy atom. The van der Waals surface area contributed by atoms with Gasteiger partial charge in [-0.15, -0.1) is 12.4 Å². The molecule has 0 spiro atoms. The molecule has 8 heteroatoms. The van der Waals surface area contributed by atoms with Crippen molar-refractivity contribution < 1.29 is 12.8 Å². The molecule has 0 aromatic carbocycles. The normalized spacial score (nSPS) is 17.7. The minimum Gasteiger partial charge on any atom is -0.319 e. The lowest BCUT2D eigenvalue weighted by Crippen LogP contribution is -2.40. The Kier molecular flexibility index (Phi) is 6.32. The van der Waals surface area contributed by atoms with E-state index in [1.54, 1.807) is 0 Å². The molecule has 2 heterocycles. The quantitative estimate of drug-likeness (QED) is 0.906.